The Morgan fingerprint density at radius 2 is 2.15 bits per heavy atom. The van der Waals surface area contributed by atoms with Crippen molar-refractivity contribution in [3.63, 3.8) is 0 Å². The zero-order chi connectivity index (χ0) is 10.2. The Labute approximate surface area is 74.9 Å². The number of hydrazine groups is 1. The Morgan fingerprint density at radius 3 is 2.38 bits per heavy atom. The Balaban J connectivity index is 2.73. The molecule has 0 aliphatic carbocycles. The molecule has 1 saturated heterocycles. The predicted molar refractivity (Wildman–Crippen MR) is 42.2 cm³/mol. The van der Waals surface area contributed by atoms with Gasteiger partial charge in [-0.15, -0.1) is 0 Å². The maximum atomic E-state index is 12.1. The number of hydrogen-bond donors (Lipinski definition) is 2. The lowest BCUT2D eigenvalue weighted by molar-refractivity contribution is -0.0435. The van der Waals surface area contributed by atoms with E-state index in [9.17, 15) is 17.2 Å². The molecule has 0 bridgehead atoms. The lowest BCUT2D eigenvalue weighted by atomic mass is 10.3. The average Bonchev–Trinajstić information content (AvgIpc) is 2.29. The molecule has 0 aromatic carbocycles. The lowest BCUT2D eigenvalue weighted by Gasteiger charge is -2.13. The molecule has 2 unspecified atom stereocenters. The molecule has 0 spiro atoms. The minimum absolute atomic E-state index is 0.280. The van der Waals surface area contributed by atoms with Gasteiger partial charge in [0, 0.05) is 12.6 Å². The van der Waals surface area contributed by atoms with E-state index in [0.717, 1.165) is 0 Å². The van der Waals surface area contributed by atoms with Crippen LogP contribution in [0.3, 0.4) is 0 Å². The summed E-state index contributed by atoms with van der Waals surface area (Å²) in [4.78, 5) is 0. The second kappa shape index (κ2) is 3.45. The zero-order valence-corrected chi connectivity index (χ0v) is 7.76. The van der Waals surface area contributed by atoms with Gasteiger partial charge in [0.15, 0.2) is 0 Å². The summed E-state index contributed by atoms with van der Waals surface area (Å²) in [6.07, 6.45) is 0. The van der Waals surface area contributed by atoms with Crippen LogP contribution in [0.5, 0.6) is 0 Å². The van der Waals surface area contributed by atoms with Crippen LogP contribution in [0, 0.1) is 0 Å². The number of nitrogens with one attached hydrogen (secondary N) is 1. The molecule has 1 heterocycles. The minimum Gasteiger partial charge on any atom is -0.246 e. The summed E-state index contributed by atoms with van der Waals surface area (Å²) >= 11 is 0. The van der Waals surface area contributed by atoms with E-state index in [-0.39, 0.29) is 6.54 Å². The first kappa shape index (κ1) is 10.8. The number of halogens is 2. The normalized spacial score (nSPS) is 31.5. The van der Waals surface area contributed by atoms with E-state index < -0.39 is 27.9 Å². The van der Waals surface area contributed by atoms with Crippen LogP contribution < -0.4 is 10.6 Å². The van der Waals surface area contributed by atoms with Crippen LogP contribution >= 0.6 is 0 Å². The van der Waals surface area contributed by atoms with Gasteiger partial charge in [-0.05, 0) is 6.92 Å². The molecule has 1 aliphatic heterocycles. The number of primary sulfonamides is 1. The molecule has 78 valence electrons. The fourth-order valence-corrected chi connectivity index (χ4v) is 2.27. The first-order valence-electron chi connectivity index (χ1n) is 3.65. The van der Waals surface area contributed by atoms with Gasteiger partial charge < -0.3 is 0 Å². The first-order valence-corrected chi connectivity index (χ1v) is 5.26. The SMILES string of the molecule is CC1NN(C(F)F)CC1S(N)(=O)=O. The summed E-state index contributed by atoms with van der Waals surface area (Å²) in [5.41, 5.74) is 2.33. The number of alkyl halides is 2. The van der Waals surface area contributed by atoms with E-state index in [1.54, 1.807) is 0 Å². The fourth-order valence-electron chi connectivity index (χ4n) is 1.27. The van der Waals surface area contributed by atoms with Crippen molar-refractivity contribution in [1.29, 1.82) is 0 Å². The maximum Gasteiger partial charge on any atom is 0.306 e. The highest BCUT2D eigenvalue weighted by Gasteiger charge is 2.39. The number of sulfonamides is 1. The van der Waals surface area contributed by atoms with E-state index in [1.807, 2.05) is 0 Å². The van der Waals surface area contributed by atoms with Gasteiger partial charge in [-0.3, -0.25) is 0 Å². The average molecular weight is 215 g/mol. The van der Waals surface area contributed by atoms with Gasteiger partial charge >= 0.3 is 6.55 Å². The van der Waals surface area contributed by atoms with Crippen LogP contribution in [-0.4, -0.2) is 37.8 Å². The van der Waals surface area contributed by atoms with Crippen molar-refractivity contribution in [2.45, 2.75) is 24.8 Å². The Morgan fingerprint density at radius 1 is 1.62 bits per heavy atom. The number of nitrogens with zero attached hydrogens (tertiary/aromatic N) is 1. The van der Waals surface area contributed by atoms with Crippen molar-refractivity contribution in [3.8, 4) is 0 Å². The van der Waals surface area contributed by atoms with Crippen molar-refractivity contribution in [1.82, 2.24) is 10.4 Å². The Kier molecular flexibility index (Phi) is 2.85. The van der Waals surface area contributed by atoms with Crippen LogP contribution in [0.15, 0.2) is 0 Å². The molecular weight excluding hydrogens is 204 g/mol. The number of nitrogens with two attached hydrogens (primary N) is 1. The largest absolute Gasteiger partial charge is 0.306 e. The summed E-state index contributed by atoms with van der Waals surface area (Å²) in [5.74, 6) is 0. The highest BCUT2D eigenvalue weighted by Crippen LogP contribution is 2.15. The zero-order valence-electron chi connectivity index (χ0n) is 6.94. The second-order valence-electron chi connectivity index (χ2n) is 2.98. The van der Waals surface area contributed by atoms with Gasteiger partial charge in [0.2, 0.25) is 10.0 Å². The van der Waals surface area contributed by atoms with Gasteiger partial charge in [-0.1, -0.05) is 0 Å². The van der Waals surface area contributed by atoms with E-state index >= 15 is 0 Å². The van der Waals surface area contributed by atoms with Gasteiger partial charge in [-0.25, -0.2) is 19.0 Å². The number of hydrogen-bond acceptors (Lipinski definition) is 4. The molecule has 1 fully saturated rings. The Hall–Kier alpha value is -0.310. The molecule has 0 saturated carbocycles. The van der Waals surface area contributed by atoms with Gasteiger partial charge in [0.25, 0.3) is 0 Å². The molecule has 1 rings (SSSR count). The fraction of sp³-hybridized carbons (Fsp3) is 1.00. The highest BCUT2D eigenvalue weighted by atomic mass is 32.2. The third-order valence-corrected chi connectivity index (χ3v) is 3.36. The number of rotatable bonds is 2. The molecule has 1 aliphatic rings. The van der Waals surface area contributed by atoms with E-state index in [1.165, 1.54) is 6.92 Å². The van der Waals surface area contributed by atoms with Crippen LogP contribution in [0.2, 0.25) is 0 Å². The molecular formula is C5H11F2N3O2S. The van der Waals surface area contributed by atoms with Crippen LogP contribution in [0.1, 0.15) is 6.92 Å². The summed E-state index contributed by atoms with van der Waals surface area (Å²) in [6.45, 7) is -1.50. The van der Waals surface area contributed by atoms with Crippen molar-refractivity contribution in [3.05, 3.63) is 0 Å². The van der Waals surface area contributed by atoms with Gasteiger partial charge in [-0.2, -0.15) is 13.8 Å². The third kappa shape index (κ3) is 2.33. The van der Waals surface area contributed by atoms with E-state index in [4.69, 9.17) is 5.14 Å². The van der Waals surface area contributed by atoms with Gasteiger partial charge in [0.1, 0.15) is 5.25 Å². The van der Waals surface area contributed by atoms with E-state index in [2.05, 4.69) is 5.43 Å². The van der Waals surface area contributed by atoms with Crippen molar-refractivity contribution < 1.29 is 17.2 Å². The molecule has 0 aromatic rings. The first-order chi connectivity index (χ1) is 5.82. The smallest absolute Gasteiger partial charge is 0.246 e. The lowest BCUT2D eigenvalue weighted by Crippen LogP contribution is -2.39. The molecule has 0 aromatic heterocycles. The summed E-state index contributed by atoms with van der Waals surface area (Å²) in [6, 6.07) is -0.580. The molecule has 2 atom stereocenters. The standard InChI is InChI=1S/C5H11F2N3O2S/c1-3-4(13(8,11)12)2-10(9-3)5(6)7/h3-5,9H,2H2,1H3,(H2,8,11,12). The van der Waals surface area contributed by atoms with Crippen LogP contribution in [0.4, 0.5) is 8.78 Å². The van der Waals surface area contributed by atoms with Gasteiger partial charge in [0.05, 0.1) is 0 Å². The third-order valence-electron chi connectivity index (χ3n) is 1.96. The van der Waals surface area contributed by atoms with Crippen LogP contribution in [-0.2, 0) is 10.0 Å². The molecule has 13 heavy (non-hydrogen) atoms. The topological polar surface area (TPSA) is 75.4 Å². The Bertz CT molecular complexity index is 282. The summed E-state index contributed by atoms with van der Waals surface area (Å²) < 4.78 is 46.0. The minimum atomic E-state index is -3.76. The highest BCUT2D eigenvalue weighted by molar-refractivity contribution is 7.89. The molecule has 5 nitrogen and oxygen atoms in total. The second-order valence-corrected chi connectivity index (χ2v) is 4.76. The van der Waals surface area contributed by atoms with E-state index in [0.29, 0.717) is 5.01 Å². The van der Waals surface area contributed by atoms with Crippen molar-refractivity contribution >= 4 is 10.0 Å². The molecule has 0 radical (unpaired) electrons. The molecule has 8 heteroatoms. The van der Waals surface area contributed by atoms with Crippen molar-refractivity contribution in [2.75, 3.05) is 6.54 Å². The van der Waals surface area contributed by atoms with Crippen molar-refractivity contribution in [2.24, 2.45) is 5.14 Å². The molecule has 3 N–H and O–H groups in total. The maximum absolute atomic E-state index is 12.1. The summed E-state index contributed by atoms with van der Waals surface area (Å²) in [5, 5.41) is 4.45. The van der Waals surface area contributed by atoms with Crippen LogP contribution in [0.25, 0.3) is 0 Å². The molecule has 0 amide bonds. The summed E-state index contributed by atoms with van der Waals surface area (Å²) in [7, 11) is -3.76. The monoisotopic (exact) mass is 215 g/mol. The quantitative estimate of drug-likeness (QED) is 0.584. The predicted octanol–water partition coefficient (Wildman–Crippen LogP) is -0.925.